The average molecular weight is 359 g/mol. The minimum absolute atomic E-state index is 0.167. The van der Waals surface area contributed by atoms with E-state index in [2.05, 4.69) is 15.5 Å². The Morgan fingerprint density at radius 1 is 1.28 bits per heavy atom. The van der Waals surface area contributed by atoms with Gasteiger partial charge < -0.3 is 20.3 Å². The number of nitrogen functional groups attached to an aromatic ring is 1. The van der Waals surface area contributed by atoms with Gasteiger partial charge in [-0.15, -0.1) is 0 Å². The Hall–Kier alpha value is -2.90. The third kappa shape index (κ3) is 3.62. The number of nitrogens with zero attached hydrogens (tertiary/aromatic N) is 2. The van der Waals surface area contributed by atoms with E-state index in [1.165, 1.54) is 13.4 Å². The number of hydrogen-bond donors (Lipinski definition) is 2. The first-order valence-electron chi connectivity index (χ1n) is 7.35. The molecule has 0 bridgehead atoms. The molecule has 0 radical (unpaired) electrons. The molecule has 0 saturated carbocycles. The second-order valence-corrected chi connectivity index (χ2v) is 5.58. The molecular formula is C17H15ClN4O3. The standard InChI is InChI=1S/C17H15ClN4O3/c1-24-9-14-12(8-25-22-14)17(23)21-15-7-6-11(16(19)20-15)10-4-2-3-5-13(10)18/h2-8H,9H2,1H3,(H3,19,20,21,23). The number of anilines is 2. The van der Waals surface area contributed by atoms with Crippen molar-refractivity contribution in [3.8, 4) is 11.1 Å². The zero-order valence-electron chi connectivity index (χ0n) is 13.3. The lowest BCUT2D eigenvalue weighted by Gasteiger charge is -2.10. The summed E-state index contributed by atoms with van der Waals surface area (Å²) >= 11 is 6.19. The maximum Gasteiger partial charge on any atom is 0.262 e. The van der Waals surface area contributed by atoms with Crippen molar-refractivity contribution in [1.82, 2.24) is 10.1 Å². The molecule has 0 spiro atoms. The van der Waals surface area contributed by atoms with Crippen molar-refractivity contribution in [2.45, 2.75) is 6.61 Å². The smallest absolute Gasteiger partial charge is 0.262 e. The quantitative estimate of drug-likeness (QED) is 0.724. The van der Waals surface area contributed by atoms with E-state index in [-0.39, 0.29) is 18.0 Å². The van der Waals surface area contributed by atoms with Crippen LogP contribution in [0, 0.1) is 0 Å². The van der Waals surface area contributed by atoms with Crippen molar-refractivity contribution in [1.29, 1.82) is 0 Å². The van der Waals surface area contributed by atoms with Crippen molar-refractivity contribution in [2.75, 3.05) is 18.2 Å². The molecule has 2 aromatic heterocycles. The summed E-state index contributed by atoms with van der Waals surface area (Å²) in [6.07, 6.45) is 1.26. The lowest BCUT2D eigenvalue weighted by molar-refractivity contribution is 0.102. The van der Waals surface area contributed by atoms with Crippen molar-refractivity contribution < 1.29 is 14.1 Å². The van der Waals surface area contributed by atoms with Crippen LogP contribution in [-0.2, 0) is 11.3 Å². The van der Waals surface area contributed by atoms with Gasteiger partial charge in [-0.3, -0.25) is 4.79 Å². The lowest BCUT2D eigenvalue weighted by atomic mass is 10.1. The molecule has 1 amide bonds. The zero-order chi connectivity index (χ0) is 17.8. The van der Waals surface area contributed by atoms with Crippen molar-refractivity contribution in [3.05, 3.63) is 58.9 Å². The molecule has 8 heteroatoms. The first-order valence-corrected chi connectivity index (χ1v) is 7.73. The van der Waals surface area contributed by atoms with Gasteiger partial charge in [-0.1, -0.05) is 35.0 Å². The number of ether oxygens (including phenoxy) is 1. The molecule has 0 aliphatic heterocycles. The highest BCUT2D eigenvalue weighted by molar-refractivity contribution is 6.33. The number of benzene rings is 1. The average Bonchev–Trinajstić information content (AvgIpc) is 3.05. The molecule has 1 aromatic carbocycles. The number of amides is 1. The van der Waals surface area contributed by atoms with Gasteiger partial charge in [-0.2, -0.15) is 0 Å². The summed E-state index contributed by atoms with van der Waals surface area (Å²) in [5.41, 5.74) is 8.16. The first-order chi connectivity index (χ1) is 12.1. The summed E-state index contributed by atoms with van der Waals surface area (Å²) in [4.78, 5) is 16.5. The summed E-state index contributed by atoms with van der Waals surface area (Å²) in [7, 11) is 1.51. The van der Waals surface area contributed by atoms with Gasteiger partial charge >= 0.3 is 0 Å². The lowest BCUT2D eigenvalue weighted by Crippen LogP contribution is -2.15. The van der Waals surface area contributed by atoms with E-state index in [1.54, 1.807) is 18.2 Å². The van der Waals surface area contributed by atoms with Crippen LogP contribution in [0.5, 0.6) is 0 Å². The molecular weight excluding hydrogens is 344 g/mol. The maximum atomic E-state index is 12.3. The molecule has 7 nitrogen and oxygen atoms in total. The Labute approximate surface area is 148 Å². The van der Waals surface area contributed by atoms with Crippen LogP contribution in [0.1, 0.15) is 16.1 Å². The Bertz CT molecular complexity index is 910. The summed E-state index contributed by atoms with van der Waals surface area (Å²) in [5, 5.41) is 6.96. The van der Waals surface area contributed by atoms with Gasteiger partial charge in [-0.05, 0) is 18.2 Å². The summed E-state index contributed by atoms with van der Waals surface area (Å²) in [6, 6.07) is 10.7. The third-order valence-corrected chi connectivity index (χ3v) is 3.83. The van der Waals surface area contributed by atoms with Gasteiger partial charge in [0.15, 0.2) is 0 Å². The fourth-order valence-corrected chi connectivity index (χ4v) is 2.56. The van der Waals surface area contributed by atoms with E-state index in [0.717, 1.165) is 5.56 Å². The summed E-state index contributed by atoms with van der Waals surface area (Å²) in [6.45, 7) is 0.167. The number of nitrogens with two attached hydrogens (primary N) is 1. The van der Waals surface area contributed by atoms with E-state index >= 15 is 0 Å². The summed E-state index contributed by atoms with van der Waals surface area (Å²) < 4.78 is 9.79. The van der Waals surface area contributed by atoms with Crippen molar-refractivity contribution in [2.24, 2.45) is 0 Å². The van der Waals surface area contributed by atoms with E-state index in [0.29, 0.717) is 22.1 Å². The Balaban J connectivity index is 1.83. The highest BCUT2D eigenvalue weighted by atomic mass is 35.5. The van der Waals surface area contributed by atoms with E-state index in [1.807, 2.05) is 18.2 Å². The van der Waals surface area contributed by atoms with E-state index in [9.17, 15) is 4.79 Å². The second kappa shape index (κ2) is 7.33. The molecule has 3 rings (SSSR count). The minimum atomic E-state index is -0.411. The van der Waals surface area contributed by atoms with Gasteiger partial charge in [0.05, 0.1) is 6.61 Å². The van der Waals surface area contributed by atoms with Gasteiger partial charge in [0.25, 0.3) is 5.91 Å². The highest BCUT2D eigenvalue weighted by Crippen LogP contribution is 2.31. The molecule has 25 heavy (non-hydrogen) atoms. The monoisotopic (exact) mass is 358 g/mol. The number of carbonyl (C=O) groups excluding carboxylic acids is 1. The number of rotatable bonds is 5. The number of nitrogens with one attached hydrogen (secondary N) is 1. The molecule has 0 atom stereocenters. The second-order valence-electron chi connectivity index (χ2n) is 5.17. The highest BCUT2D eigenvalue weighted by Gasteiger charge is 2.17. The molecule has 3 aromatic rings. The van der Waals surface area contributed by atoms with Gasteiger partial charge in [0.1, 0.15) is 29.2 Å². The summed E-state index contributed by atoms with van der Waals surface area (Å²) in [5.74, 6) is 0.155. The third-order valence-electron chi connectivity index (χ3n) is 3.50. The Morgan fingerprint density at radius 2 is 2.08 bits per heavy atom. The number of hydrogen-bond acceptors (Lipinski definition) is 6. The molecule has 0 fully saturated rings. The van der Waals surface area contributed by atoms with Crippen LogP contribution in [0.4, 0.5) is 11.6 Å². The molecule has 128 valence electrons. The van der Waals surface area contributed by atoms with Gasteiger partial charge in [-0.25, -0.2) is 4.98 Å². The molecule has 0 saturated heterocycles. The number of halogens is 1. The van der Waals surface area contributed by atoms with Crippen LogP contribution in [-0.4, -0.2) is 23.2 Å². The zero-order valence-corrected chi connectivity index (χ0v) is 14.1. The van der Waals surface area contributed by atoms with Crippen LogP contribution >= 0.6 is 11.6 Å². The molecule has 0 unspecified atom stereocenters. The minimum Gasteiger partial charge on any atom is -0.383 e. The number of aromatic nitrogens is 2. The largest absolute Gasteiger partial charge is 0.383 e. The topological polar surface area (TPSA) is 103 Å². The van der Waals surface area contributed by atoms with Gasteiger partial charge in [0, 0.05) is 23.3 Å². The van der Waals surface area contributed by atoms with Gasteiger partial charge in [0.2, 0.25) is 0 Å². The normalized spacial score (nSPS) is 10.6. The predicted octanol–water partition coefficient (Wildman–Crippen LogP) is 3.37. The fourth-order valence-electron chi connectivity index (χ4n) is 2.32. The van der Waals surface area contributed by atoms with Crippen LogP contribution in [0.2, 0.25) is 5.02 Å². The Kier molecular flexibility index (Phi) is 4.97. The fraction of sp³-hybridized carbons (Fsp3) is 0.118. The SMILES string of the molecule is COCc1nocc1C(=O)Nc1ccc(-c2ccccc2Cl)c(N)n1. The van der Waals surface area contributed by atoms with E-state index in [4.69, 9.17) is 26.6 Å². The molecule has 0 aliphatic carbocycles. The number of pyridine rings is 1. The van der Waals surface area contributed by atoms with Crippen LogP contribution in [0.25, 0.3) is 11.1 Å². The van der Waals surface area contributed by atoms with Crippen molar-refractivity contribution >= 4 is 29.1 Å². The van der Waals surface area contributed by atoms with Crippen LogP contribution in [0.3, 0.4) is 0 Å². The Morgan fingerprint density at radius 3 is 2.80 bits per heavy atom. The van der Waals surface area contributed by atoms with E-state index < -0.39 is 5.91 Å². The predicted molar refractivity (Wildman–Crippen MR) is 94.3 cm³/mol. The molecule has 0 aliphatic rings. The van der Waals surface area contributed by atoms with Crippen LogP contribution in [0.15, 0.2) is 47.2 Å². The maximum absolute atomic E-state index is 12.3. The molecule has 3 N–H and O–H groups in total. The molecule has 2 heterocycles. The number of carbonyl (C=O) groups is 1. The number of methoxy groups -OCH3 is 1. The van der Waals surface area contributed by atoms with Crippen molar-refractivity contribution in [3.63, 3.8) is 0 Å². The van der Waals surface area contributed by atoms with Crippen LogP contribution < -0.4 is 11.1 Å². The first kappa shape index (κ1) is 16.9.